The van der Waals surface area contributed by atoms with Gasteiger partial charge in [0.15, 0.2) is 17.5 Å². The van der Waals surface area contributed by atoms with E-state index in [1.54, 1.807) is 5.56 Å². The maximum atomic E-state index is 9.30. The smallest absolute Gasteiger partial charge is 0.164 e. The van der Waals surface area contributed by atoms with E-state index in [9.17, 15) is 5.26 Å². The zero-order chi connectivity index (χ0) is 34.6. The summed E-state index contributed by atoms with van der Waals surface area (Å²) >= 11 is 0. The first-order valence-corrected chi connectivity index (χ1v) is 18.7. The summed E-state index contributed by atoms with van der Waals surface area (Å²) in [5.74, 6) is 4.75. The fraction of sp³-hybridized carbons (Fsp3) is 0.208. The molecule has 4 aliphatic rings. The van der Waals surface area contributed by atoms with E-state index in [-0.39, 0.29) is 0 Å². The predicted molar refractivity (Wildman–Crippen MR) is 209 cm³/mol. The molecule has 4 saturated carbocycles. The maximum Gasteiger partial charge on any atom is 0.164 e. The number of aromatic nitrogens is 3. The standard InChI is InChI=1S/C48H38N4/c49-30-31-10-11-41-26-40(17-16-39(41)25-31)35-12-14-38(15-13-35)46-50-45(37-6-2-1-3-7-37)51-47(52-46)44-9-5-4-8-43(44)36-18-20-42(21-19-36)48-27-32-22-33(28-48)24-34(23-32)29-48/h1-21,25-26,32-34H,22-24,27-29H2. The summed E-state index contributed by atoms with van der Waals surface area (Å²) in [7, 11) is 0. The topological polar surface area (TPSA) is 62.5 Å². The van der Waals surface area contributed by atoms with Crippen LogP contribution in [0.3, 0.4) is 0 Å². The van der Waals surface area contributed by atoms with Crippen LogP contribution in [0.5, 0.6) is 0 Å². The van der Waals surface area contributed by atoms with Crippen LogP contribution in [-0.4, -0.2) is 15.0 Å². The van der Waals surface area contributed by atoms with Gasteiger partial charge in [-0.1, -0.05) is 121 Å². The van der Waals surface area contributed by atoms with Crippen molar-refractivity contribution in [3.63, 3.8) is 0 Å². The minimum absolute atomic E-state index is 0.381. The van der Waals surface area contributed by atoms with Crippen molar-refractivity contribution in [2.24, 2.45) is 17.8 Å². The SMILES string of the molecule is N#Cc1ccc2cc(-c3ccc(-c4nc(-c5ccccc5)nc(-c5ccccc5-c5ccc(C67CC8CC(CC(C8)C6)C7)cc5)n4)cc3)ccc2c1. The van der Waals surface area contributed by atoms with E-state index in [1.165, 1.54) is 44.1 Å². The summed E-state index contributed by atoms with van der Waals surface area (Å²) in [5, 5.41) is 11.5. The van der Waals surface area contributed by atoms with Gasteiger partial charge in [-0.2, -0.15) is 5.26 Å². The lowest BCUT2D eigenvalue weighted by atomic mass is 9.48. The molecule has 6 aromatic carbocycles. The lowest BCUT2D eigenvalue weighted by Gasteiger charge is -2.57. The first-order chi connectivity index (χ1) is 25.6. The highest BCUT2D eigenvalue weighted by molar-refractivity contribution is 5.88. The van der Waals surface area contributed by atoms with E-state index >= 15 is 0 Å². The van der Waals surface area contributed by atoms with E-state index in [1.807, 2.05) is 36.4 Å². The van der Waals surface area contributed by atoms with Crippen LogP contribution in [0, 0.1) is 29.1 Å². The van der Waals surface area contributed by atoms with Crippen LogP contribution in [0.2, 0.25) is 0 Å². The van der Waals surface area contributed by atoms with Crippen LogP contribution in [0.25, 0.3) is 67.2 Å². The Bertz CT molecular complexity index is 2460. The average molecular weight is 671 g/mol. The third kappa shape index (κ3) is 5.49. The molecule has 1 heterocycles. The van der Waals surface area contributed by atoms with Gasteiger partial charge in [-0.3, -0.25) is 0 Å². The Kier molecular flexibility index (Phi) is 7.35. The molecule has 1 aromatic heterocycles. The molecule has 4 heteroatoms. The van der Waals surface area contributed by atoms with Gasteiger partial charge in [0.1, 0.15) is 0 Å². The van der Waals surface area contributed by atoms with Gasteiger partial charge in [0.2, 0.25) is 0 Å². The lowest BCUT2D eigenvalue weighted by molar-refractivity contribution is -0.00518. The second-order valence-electron chi connectivity index (χ2n) is 15.5. The molecular formula is C48H38N4. The third-order valence-electron chi connectivity index (χ3n) is 12.1. The Morgan fingerprint density at radius 1 is 0.462 bits per heavy atom. The molecule has 4 bridgehead atoms. The molecule has 0 amide bonds. The Hall–Kier alpha value is -5.92. The fourth-order valence-electron chi connectivity index (χ4n) is 10.0. The summed E-state index contributed by atoms with van der Waals surface area (Å²) in [4.78, 5) is 15.2. The highest BCUT2D eigenvalue weighted by atomic mass is 15.0. The number of rotatable bonds is 6. The molecule has 0 saturated heterocycles. The minimum atomic E-state index is 0.381. The van der Waals surface area contributed by atoms with Crippen LogP contribution in [0.4, 0.5) is 0 Å². The van der Waals surface area contributed by atoms with Gasteiger partial charge < -0.3 is 0 Å². The van der Waals surface area contributed by atoms with Crippen molar-refractivity contribution in [1.29, 1.82) is 5.26 Å². The van der Waals surface area contributed by atoms with Crippen LogP contribution in [0.1, 0.15) is 49.7 Å². The summed E-state index contributed by atoms with van der Waals surface area (Å²) in [6, 6.07) is 51.1. The summed E-state index contributed by atoms with van der Waals surface area (Å²) in [6.45, 7) is 0. The van der Waals surface area contributed by atoms with Crippen molar-refractivity contribution in [2.45, 2.75) is 43.9 Å². The number of nitrogens with zero attached hydrogens (tertiary/aromatic N) is 4. The molecule has 52 heavy (non-hydrogen) atoms. The quantitative estimate of drug-likeness (QED) is 0.177. The van der Waals surface area contributed by atoms with Crippen molar-refractivity contribution >= 4 is 10.8 Å². The summed E-state index contributed by atoms with van der Waals surface area (Å²) < 4.78 is 0. The molecule has 0 spiro atoms. The zero-order valence-corrected chi connectivity index (χ0v) is 29.0. The number of fused-ring (bicyclic) bond motifs is 1. The van der Waals surface area contributed by atoms with Crippen LogP contribution in [-0.2, 0) is 5.41 Å². The van der Waals surface area contributed by atoms with Gasteiger partial charge in [-0.25, -0.2) is 15.0 Å². The second-order valence-corrected chi connectivity index (χ2v) is 15.5. The van der Waals surface area contributed by atoms with Gasteiger partial charge in [0.05, 0.1) is 11.6 Å². The van der Waals surface area contributed by atoms with E-state index in [2.05, 4.69) is 109 Å². The molecule has 4 fully saturated rings. The Morgan fingerprint density at radius 2 is 0.981 bits per heavy atom. The molecule has 4 aliphatic carbocycles. The van der Waals surface area contributed by atoms with Gasteiger partial charge in [0, 0.05) is 16.7 Å². The fourth-order valence-corrected chi connectivity index (χ4v) is 10.0. The maximum absolute atomic E-state index is 9.30. The van der Waals surface area contributed by atoms with Crippen molar-refractivity contribution < 1.29 is 0 Å². The van der Waals surface area contributed by atoms with E-state index in [4.69, 9.17) is 15.0 Å². The normalized spacial score (nSPS) is 21.6. The second kappa shape index (κ2) is 12.4. The minimum Gasteiger partial charge on any atom is -0.208 e. The van der Waals surface area contributed by atoms with Crippen LogP contribution >= 0.6 is 0 Å². The van der Waals surface area contributed by atoms with E-state index in [0.29, 0.717) is 28.5 Å². The van der Waals surface area contributed by atoms with E-state index < -0.39 is 0 Å². The zero-order valence-electron chi connectivity index (χ0n) is 29.0. The molecule has 0 aliphatic heterocycles. The molecule has 250 valence electrons. The van der Waals surface area contributed by atoms with Crippen molar-refractivity contribution in [2.75, 3.05) is 0 Å². The Balaban J connectivity index is 1.01. The monoisotopic (exact) mass is 670 g/mol. The van der Waals surface area contributed by atoms with Crippen molar-refractivity contribution in [3.8, 4) is 62.5 Å². The Morgan fingerprint density at radius 3 is 1.65 bits per heavy atom. The summed E-state index contributed by atoms with van der Waals surface area (Å²) in [5.41, 5.74) is 10.0. The molecule has 0 N–H and O–H groups in total. The van der Waals surface area contributed by atoms with E-state index in [0.717, 1.165) is 61.9 Å². The lowest BCUT2D eigenvalue weighted by Crippen LogP contribution is -2.48. The molecule has 0 unspecified atom stereocenters. The largest absolute Gasteiger partial charge is 0.208 e. The highest BCUT2D eigenvalue weighted by Gasteiger charge is 2.51. The van der Waals surface area contributed by atoms with Gasteiger partial charge >= 0.3 is 0 Å². The van der Waals surface area contributed by atoms with Gasteiger partial charge in [-0.05, 0) is 118 Å². The average Bonchev–Trinajstić information content (AvgIpc) is 3.20. The van der Waals surface area contributed by atoms with Crippen LogP contribution in [0.15, 0.2) is 140 Å². The molecular weight excluding hydrogens is 633 g/mol. The molecule has 0 radical (unpaired) electrons. The predicted octanol–water partition coefficient (Wildman–Crippen LogP) is 11.7. The number of hydrogen-bond donors (Lipinski definition) is 0. The summed E-state index contributed by atoms with van der Waals surface area (Å²) in [6.07, 6.45) is 8.51. The Labute approximate surface area is 304 Å². The molecule has 4 nitrogen and oxygen atoms in total. The van der Waals surface area contributed by atoms with Crippen molar-refractivity contribution in [3.05, 3.63) is 151 Å². The van der Waals surface area contributed by atoms with Crippen molar-refractivity contribution in [1.82, 2.24) is 15.0 Å². The molecule has 11 rings (SSSR count). The highest BCUT2D eigenvalue weighted by Crippen LogP contribution is 2.60. The number of benzene rings is 6. The number of hydrogen-bond acceptors (Lipinski definition) is 4. The van der Waals surface area contributed by atoms with Gasteiger partial charge in [0.25, 0.3) is 0 Å². The first kappa shape index (κ1) is 30.9. The molecule has 7 aromatic rings. The number of nitriles is 1. The first-order valence-electron chi connectivity index (χ1n) is 18.7. The third-order valence-corrected chi connectivity index (χ3v) is 12.1. The molecule has 0 atom stereocenters. The van der Waals surface area contributed by atoms with Crippen LogP contribution < -0.4 is 0 Å². The van der Waals surface area contributed by atoms with Gasteiger partial charge in [-0.15, -0.1) is 0 Å².